The second-order valence-corrected chi connectivity index (χ2v) is 8.79. The normalized spacial score (nSPS) is 23.2. The maximum absolute atomic E-state index is 6.18. The van der Waals surface area contributed by atoms with E-state index in [1.165, 1.54) is 11.0 Å². The highest BCUT2D eigenvalue weighted by Crippen LogP contribution is 2.30. The molecule has 1 aliphatic carbocycles. The maximum atomic E-state index is 6.18. The first-order chi connectivity index (χ1) is 15.8. The van der Waals surface area contributed by atoms with E-state index in [0.29, 0.717) is 25.9 Å². The highest BCUT2D eigenvalue weighted by Gasteiger charge is 2.33. The molecule has 2 unspecified atom stereocenters. The SMILES string of the molecule is COc1ccc2ccnc(N3CCN(C(CC4=CC=CCC4)C4COCCO4)CC3)c2c1. The molecule has 2 atom stereocenters. The molecule has 2 saturated heterocycles. The minimum absolute atomic E-state index is 0.141. The van der Waals surface area contributed by atoms with E-state index in [4.69, 9.17) is 19.2 Å². The molecule has 0 spiro atoms. The van der Waals surface area contributed by atoms with Gasteiger partial charge in [0.2, 0.25) is 0 Å². The van der Waals surface area contributed by atoms with Crippen LogP contribution in [0.2, 0.25) is 0 Å². The summed E-state index contributed by atoms with van der Waals surface area (Å²) in [5.41, 5.74) is 1.52. The molecule has 0 N–H and O–H groups in total. The summed E-state index contributed by atoms with van der Waals surface area (Å²) in [5.74, 6) is 1.92. The molecule has 2 fully saturated rings. The van der Waals surface area contributed by atoms with Gasteiger partial charge in [-0.2, -0.15) is 0 Å². The Hall–Kier alpha value is -2.41. The third-order valence-electron chi connectivity index (χ3n) is 6.88. The zero-order valence-electron chi connectivity index (χ0n) is 18.9. The van der Waals surface area contributed by atoms with E-state index in [9.17, 15) is 0 Å². The number of aromatic nitrogens is 1. The Bertz CT molecular complexity index is 975. The smallest absolute Gasteiger partial charge is 0.136 e. The topological polar surface area (TPSA) is 47.1 Å². The van der Waals surface area contributed by atoms with Crippen LogP contribution in [-0.4, -0.2) is 75.1 Å². The van der Waals surface area contributed by atoms with Gasteiger partial charge in [-0.15, -0.1) is 0 Å². The summed E-state index contributed by atoms with van der Waals surface area (Å²) in [6.45, 7) is 5.99. The van der Waals surface area contributed by atoms with Gasteiger partial charge in [-0.3, -0.25) is 4.90 Å². The van der Waals surface area contributed by atoms with Gasteiger partial charge >= 0.3 is 0 Å². The second kappa shape index (κ2) is 10.0. The monoisotopic (exact) mass is 435 g/mol. The molecule has 3 heterocycles. The van der Waals surface area contributed by atoms with Crippen molar-refractivity contribution in [3.8, 4) is 5.75 Å². The number of pyridine rings is 1. The minimum Gasteiger partial charge on any atom is -0.497 e. The quantitative estimate of drug-likeness (QED) is 0.688. The van der Waals surface area contributed by atoms with Gasteiger partial charge < -0.3 is 19.1 Å². The van der Waals surface area contributed by atoms with Gasteiger partial charge in [0.15, 0.2) is 0 Å². The Morgan fingerprint density at radius 1 is 1.16 bits per heavy atom. The highest BCUT2D eigenvalue weighted by atomic mass is 16.6. The van der Waals surface area contributed by atoms with Crippen LogP contribution >= 0.6 is 0 Å². The van der Waals surface area contributed by atoms with Crippen LogP contribution in [0.4, 0.5) is 5.82 Å². The van der Waals surface area contributed by atoms with Crippen molar-refractivity contribution >= 4 is 16.6 Å². The first kappa shape index (κ1) is 21.4. The van der Waals surface area contributed by atoms with E-state index in [0.717, 1.165) is 62.4 Å². The molecule has 6 nitrogen and oxygen atoms in total. The number of benzene rings is 1. The maximum Gasteiger partial charge on any atom is 0.136 e. The fourth-order valence-corrected chi connectivity index (χ4v) is 5.09. The lowest BCUT2D eigenvalue weighted by Crippen LogP contribution is -2.56. The van der Waals surface area contributed by atoms with E-state index in [1.54, 1.807) is 7.11 Å². The van der Waals surface area contributed by atoms with Crippen LogP contribution in [0, 0.1) is 0 Å². The molecule has 1 aromatic heterocycles. The summed E-state index contributed by atoms with van der Waals surface area (Å²) in [6, 6.07) is 8.64. The summed E-state index contributed by atoms with van der Waals surface area (Å²) in [5, 5.41) is 2.35. The summed E-state index contributed by atoms with van der Waals surface area (Å²) < 4.78 is 17.4. The highest BCUT2D eigenvalue weighted by molar-refractivity contribution is 5.93. The number of fused-ring (bicyclic) bond motifs is 1. The Labute approximate surface area is 190 Å². The molecule has 3 aliphatic rings. The molecule has 2 aromatic rings. The Morgan fingerprint density at radius 3 is 2.81 bits per heavy atom. The Kier molecular flexibility index (Phi) is 6.72. The molecular formula is C26H33N3O3. The molecule has 170 valence electrons. The fraction of sp³-hybridized carbons (Fsp3) is 0.500. The van der Waals surface area contributed by atoms with Crippen LogP contribution in [-0.2, 0) is 9.47 Å². The molecule has 0 radical (unpaired) electrons. The number of anilines is 1. The summed E-state index contributed by atoms with van der Waals surface area (Å²) >= 11 is 0. The molecule has 6 heteroatoms. The Balaban J connectivity index is 1.32. The van der Waals surface area contributed by atoms with Crippen molar-refractivity contribution in [3.63, 3.8) is 0 Å². The van der Waals surface area contributed by atoms with E-state index < -0.39 is 0 Å². The summed E-state index contributed by atoms with van der Waals surface area (Å²) in [7, 11) is 1.71. The van der Waals surface area contributed by atoms with E-state index >= 15 is 0 Å². The van der Waals surface area contributed by atoms with Crippen molar-refractivity contribution in [2.24, 2.45) is 0 Å². The van der Waals surface area contributed by atoms with Gasteiger partial charge in [0.05, 0.1) is 33.0 Å². The minimum atomic E-state index is 0.141. The van der Waals surface area contributed by atoms with Crippen LogP contribution in [0.3, 0.4) is 0 Å². The summed E-state index contributed by atoms with van der Waals surface area (Å²) in [4.78, 5) is 9.77. The predicted octanol–water partition coefficient (Wildman–Crippen LogP) is 3.82. The number of methoxy groups -OCH3 is 1. The average molecular weight is 436 g/mol. The van der Waals surface area contributed by atoms with Gasteiger partial charge in [-0.25, -0.2) is 4.98 Å². The van der Waals surface area contributed by atoms with Crippen LogP contribution in [0.1, 0.15) is 19.3 Å². The average Bonchev–Trinajstić information content (AvgIpc) is 2.88. The molecule has 1 aromatic carbocycles. The Morgan fingerprint density at radius 2 is 2.06 bits per heavy atom. The standard InChI is InChI=1S/C26H33N3O3/c1-30-22-8-7-21-9-10-27-26(23(21)18-22)29-13-11-28(12-14-29)24(25-19-31-15-16-32-25)17-20-5-3-2-4-6-20/h2-3,5,7-10,18,24-25H,4,6,11-17,19H2,1H3. The summed E-state index contributed by atoms with van der Waals surface area (Å²) in [6.07, 6.45) is 12.2. The van der Waals surface area contributed by atoms with E-state index in [-0.39, 0.29) is 6.10 Å². The van der Waals surface area contributed by atoms with E-state index in [1.807, 2.05) is 12.3 Å². The van der Waals surface area contributed by atoms with Gasteiger partial charge in [0, 0.05) is 43.8 Å². The number of piperazine rings is 1. The third-order valence-corrected chi connectivity index (χ3v) is 6.88. The van der Waals surface area contributed by atoms with Crippen molar-refractivity contribution in [1.82, 2.24) is 9.88 Å². The van der Waals surface area contributed by atoms with Crippen molar-refractivity contribution in [2.75, 3.05) is 58.0 Å². The predicted molar refractivity (Wildman–Crippen MR) is 128 cm³/mol. The number of nitrogens with zero attached hydrogens (tertiary/aromatic N) is 3. The zero-order chi connectivity index (χ0) is 21.8. The van der Waals surface area contributed by atoms with Crippen LogP contribution in [0.5, 0.6) is 5.75 Å². The fourth-order valence-electron chi connectivity index (χ4n) is 5.09. The second-order valence-electron chi connectivity index (χ2n) is 8.79. The van der Waals surface area contributed by atoms with Crippen molar-refractivity contribution in [2.45, 2.75) is 31.4 Å². The number of rotatable bonds is 6. The van der Waals surface area contributed by atoms with Gasteiger partial charge in [-0.1, -0.05) is 29.9 Å². The molecule has 0 saturated carbocycles. The van der Waals surface area contributed by atoms with Gasteiger partial charge in [0.25, 0.3) is 0 Å². The lowest BCUT2D eigenvalue weighted by molar-refractivity contribution is -0.119. The van der Waals surface area contributed by atoms with Crippen molar-refractivity contribution < 1.29 is 14.2 Å². The number of ether oxygens (including phenoxy) is 3. The van der Waals surface area contributed by atoms with Crippen LogP contribution in [0.15, 0.2) is 54.3 Å². The van der Waals surface area contributed by atoms with E-state index in [2.05, 4.69) is 46.2 Å². The first-order valence-corrected chi connectivity index (χ1v) is 11.8. The van der Waals surface area contributed by atoms with Crippen LogP contribution < -0.4 is 9.64 Å². The van der Waals surface area contributed by atoms with Crippen molar-refractivity contribution in [3.05, 3.63) is 54.3 Å². The molecule has 5 rings (SSSR count). The lowest BCUT2D eigenvalue weighted by Gasteiger charge is -2.43. The molecule has 0 bridgehead atoms. The molecule has 32 heavy (non-hydrogen) atoms. The zero-order valence-corrected chi connectivity index (χ0v) is 18.9. The van der Waals surface area contributed by atoms with Crippen LogP contribution in [0.25, 0.3) is 10.8 Å². The number of hydrogen-bond acceptors (Lipinski definition) is 6. The number of hydrogen-bond donors (Lipinski definition) is 0. The molecule has 0 amide bonds. The largest absolute Gasteiger partial charge is 0.497 e. The lowest BCUT2D eigenvalue weighted by atomic mass is 9.93. The third kappa shape index (κ3) is 4.68. The van der Waals surface area contributed by atoms with Gasteiger partial charge in [0.1, 0.15) is 11.6 Å². The molecule has 2 aliphatic heterocycles. The van der Waals surface area contributed by atoms with Gasteiger partial charge in [-0.05, 0) is 42.8 Å². The first-order valence-electron chi connectivity index (χ1n) is 11.8. The molecular weight excluding hydrogens is 402 g/mol. The van der Waals surface area contributed by atoms with Crippen molar-refractivity contribution in [1.29, 1.82) is 0 Å². The number of allylic oxidation sites excluding steroid dienone is 3.